The van der Waals surface area contributed by atoms with E-state index in [1.54, 1.807) is 0 Å². The summed E-state index contributed by atoms with van der Waals surface area (Å²) in [4.78, 5) is 2.62. The van der Waals surface area contributed by atoms with E-state index in [1.807, 2.05) is 0 Å². The van der Waals surface area contributed by atoms with Crippen molar-refractivity contribution in [2.24, 2.45) is 11.3 Å². The Labute approximate surface area is 95.4 Å². The number of nitrogens with one attached hydrogen (secondary N) is 1. The maximum absolute atomic E-state index is 3.33. The van der Waals surface area contributed by atoms with Crippen LogP contribution in [-0.2, 0) is 0 Å². The number of hydrogen-bond acceptors (Lipinski definition) is 2. The molecule has 0 bridgehead atoms. The second-order valence-electron chi connectivity index (χ2n) is 6.62. The third-order valence-electron chi connectivity index (χ3n) is 3.85. The molecule has 90 valence electrons. The molecule has 1 atom stereocenters. The van der Waals surface area contributed by atoms with Crippen LogP contribution in [0.25, 0.3) is 0 Å². The summed E-state index contributed by atoms with van der Waals surface area (Å²) in [6, 6.07) is 0. The van der Waals surface area contributed by atoms with Gasteiger partial charge in [-0.05, 0) is 58.7 Å². The number of piperidine rings is 1. The quantitative estimate of drug-likeness (QED) is 0.756. The molecule has 0 aromatic heterocycles. The molecule has 0 aromatic carbocycles. The zero-order valence-electron chi connectivity index (χ0n) is 11.4. The summed E-state index contributed by atoms with van der Waals surface area (Å²) in [6.07, 6.45) is 1.32. The molecule has 1 heterocycles. The molecule has 15 heavy (non-hydrogen) atoms. The van der Waals surface area contributed by atoms with Crippen LogP contribution in [0.15, 0.2) is 0 Å². The lowest BCUT2D eigenvalue weighted by Gasteiger charge is -2.49. The van der Waals surface area contributed by atoms with Crippen LogP contribution in [0, 0.1) is 11.3 Å². The average Bonchev–Trinajstić information content (AvgIpc) is 2.06. The summed E-state index contributed by atoms with van der Waals surface area (Å²) >= 11 is 0. The Hall–Kier alpha value is -0.0800. The second kappa shape index (κ2) is 4.42. The van der Waals surface area contributed by atoms with E-state index in [1.165, 1.54) is 19.5 Å². The fraction of sp³-hybridized carbons (Fsp3) is 1.00. The first-order valence-electron chi connectivity index (χ1n) is 6.17. The molecule has 2 heteroatoms. The first-order chi connectivity index (χ1) is 6.77. The van der Waals surface area contributed by atoms with Gasteiger partial charge in [-0.15, -0.1) is 0 Å². The molecule has 1 unspecified atom stereocenters. The van der Waals surface area contributed by atoms with Crippen LogP contribution in [-0.4, -0.2) is 37.1 Å². The average molecular weight is 212 g/mol. The van der Waals surface area contributed by atoms with Gasteiger partial charge < -0.3 is 5.32 Å². The Kier molecular flexibility index (Phi) is 3.83. The molecule has 0 amide bonds. The third-order valence-corrected chi connectivity index (χ3v) is 3.85. The highest BCUT2D eigenvalue weighted by Gasteiger charge is 2.38. The highest BCUT2D eigenvalue weighted by atomic mass is 15.2. The highest BCUT2D eigenvalue weighted by molar-refractivity contribution is 4.92. The Morgan fingerprint density at radius 1 is 1.33 bits per heavy atom. The topological polar surface area (TPSA) is 15.3 Å². The van der Waals surface area contributed by atoms with Crippen molar-refractivity contribution in [3.8, 4) is 0 Å². The molecular formula is C13H28N2. The molecule has 2 nitrogen and oxygen atoms in total. The zero-order chi connectivity index (χ0) is 11.7. The van der Waals surface area contributed by atoms with Gasteiger partial charge in [-0.25, -0.2) is 0 Å². The summed E-state index contributed by atoms with van der Waals surface area (Å²) in [7, 11) is 2.06. The van der Waals surface area contributed by atoms with Crippen LogP contribution >= 0.6 is 0 Å². The Balaban J connectivity index is 2.64. The lowest BCUT2D eigenvalue weighted by molar-refractivity contribution is 0.00342. The van der Waals surface area contributed by atoms with Gasteiger partial charge in [-0.3, -0.25) is 4.90 Å². The van der Waals surface area contributed by atoms with Gasteiger partial charge in [0, 0.05) is 12.1 Å². The van der Waals surface area contributed by atoms with Crippen LogP contribution in [0.4, 0.5) is 0 Å². The van der Waals surface area contributed by atoms with E-state index in [2.05, 4.69) is 51.9 Å². The van der Waals surface area contributed by atoms with Crippen LogP contribution in [0.2, 0.25) is 0 Å². The first-order valence-corrected chi connectivity index (χ1v) is 6.17. The molecular weight excluding hydrogens is 184 g/mol. The fourth-order valence-corrected chi connectivity index (χ4v) is 2.60. The molecule has 1 rings (SSSR count). The van der Waals surface area contributed by atoms with Crippen LogP contribution in [0.1, 0.15) is 41.0 Å². The summed E-state index contributed by atoms with van der Waals surface area (Å²) < 4.78 is 0. The van der Waals surface area contributed by atoms with Crippen LogP contribution in [0.5, 0.6) is 0 Å². The molecule has 0 saturated carbocycles. The fourth-order valence-electron chi connectivity index (χ4n) is 2.60. The second-order valence-corrected chi connectivity index (χ2v) is 6.62. The van der Waals surface area contributed by atoms with E-state index < -0.39 is 0 Å². The molecule has 1 saturated heterocycles. The molecule has 0 spiro atoms. The Morgan fingerprint density at radius 2 is 1.93 bits per heavy atom. The molecule has 1 N–H and O–H groups in total. The number of nitrogens with zero attached hydrogens (tertiary/aromatic N) is 1. The summed E-state index contributed by atoms with van der Waals surface area (Å²) in [6.45, 7) is 15.4. The third kappa shape index (κ3) is 3.18. The maximum atomic E-state index is 3.33. The number of likely N-dealkylation sites (tertiary alicyclic amines) is 1. The maximum Gasteiger partial charge on any atom is 0.0125 e. The molecule has 0 radical (unpaired) electrons. The van der Waals surface area contributed by atoms with Crippen molar-refractivity contribution in [2.75, 3.05) is 26.7 Å². The minimum Gasteiger partial charge on any atom is -0.319 e. The normalized spacial score (nSPS) is 28.0. The van der Waals surface area contributed by atoms with Gasteiger partial charge in [-0.1, -0.05) is 13.8 Å². The summed E-state index contributed by atoms with van der Waals surface area (Å²) in [5.74, 6) is 0.820. The monoisotopic (exact) mass is 212 g/mol. The Bertz CT molecular complexity index is 203. The highest BCUT2D eigenvalue weighted by Crippen LogP contribution is 2.36. The van der Waals surface area contributed by atoms with Gasteiger partial charge in [0.15, 0.2) is 0 Å². The van der Waals surface area contributed by atoms with Gasteiger partial charge in [0.05, 0.1) is 0 Å². The Morgan fingerprint density at radius 3 is 2.33 bits per heavy atom. The van der Waals surface area contributed by atoms with Gasteiger partial charge in [-0.2, -0.15) is 0 Å². The minimum absolute atomic E-state index is 0.321. The van der Waals surface area contributed by atoms with Crippen molar-refractivity contribution in [1.82, 2.24) is 10.2 Å². The molecule has 0 aromatic rings. The van der Waals surface area contributed by atoms with Gasteiger partial charge in [0.25, 0.3) is 0 Å². The van der Waals surface area contributed by atoms with E-state index in [4.69, 9.17) is 0 Å². The smallest absolute Gasteiger partial charge is 0.0125 e. The number of rotatable bonds is 2. The SMILES string of the molecule is CNCC1CCN(C(C)(C)C)CC1(C)C. The van der Waals surface area contributed by atoms with Crippen LogP contribution < -0.4 is 5.32 Å². The molecule has 1 aliphatic rings. The predicted molar refractivity (Wildman–Crippen MR) is 67.1 cm³/mol. The van der Waals surface area contributed by atoms with Gasteiger partial charge in [0.2, 0.25) is 0 Å². The molecule has 1 aliphatic heterocycles. The number of hydrogen-bond donors (Lipinski definition) is 1. The lowest BCUT2D eigenvalue weighted by Crippen LogP contribution is -2.54. The predicted octanol–water partition coefficient (Wildman–Crippen LogP) is 2.35. The minimum atomic E-state index is 0.321. The largest absolute Gasteiger partial charge is 0.319 e. The zero-order valence-corrected chi connectivity index (χ0v) is 11.4. The lowest BCUT2D eigenvalue weighted by atomic mass is 9.73. The van der Waals surface area contributed by atoms with Gasteiger partial charge >= 0.3 is 0 Å². The van der Waals surface area contributed by atoms with Crippen molar-refractivity contribution in [1.29, 1.82) is 0 Å². The van der Waals surface area contributed by atoms with Crippen molar-refractivity contribution >= 4 is 0 Å². The van der Waals surface area contributed by atoms with E-state index >= 15 is 0 Å². The van der Waals surface area contributed by atoms with Crippen molar-refractivity contribution in [3.05, 3.63) is 0 Å². The van der Waals surface area contributed by atoms with Crippen molar-refractivity contribution in [2.45, 2.75) is 46.6 Å². The standard InChI is InChI=1S/C13H28N2/c1-12(2,3)15-8-7-11(9-14-6)13(4,5)10-15/h11,14H,7-10H2,1-6H3. The molecule has 0 aliphatic carbocycles. The van der Waals surface area contributed by atoms with Crippen LogP contribution in [0.3, 0.4) is 0 Å². The van der Waals surface area contributed by atoms with E-state index in [0.29, 0.717) is 11.0 Å². The first kappa shape index (κ1) is 13.0. The molecule has 1 fully saturated rings. The van der Waals surface area contributed by atoms with Gasteiger partial charge in [0.1, 0.15) is 0 Å². The van der Waals surface area contributed by atoms with Crippen molar-refractivity contribution in [3.63, 3.8) is 0 Å². The van der Waals surface area contributed by atoms with E-state index in [-0.39, 0.29) is 0 Å². The van der Waals surface area contributed by atoms with E-state index in [9.17, 15) is 0 Å². The summed E-state index contributed by atoms with van der Waals surface area (Å²) in [5.41, 5.74) is 0.760. The summed E-state index contributed by atoms with van der Waals surface area (Å²) in [5, 5.41) is 3.33. The van der Waals surface area contributed by atoms with E-state index in [0.717, 1.165) is 12.5 Å². The van der Waals surface area contributed by atoms with Crippen molar-refractivity contribution < 1.29 is 0 Å².